The zero-order valence-corrected chi connectivity index (χ0v) is 15.0. The van der Waals surface area contributed by atoms with E-state index in [4.69, 9.17) is 9.47 Å². The van der Waals surface area contributed by atoms with Crippen molar-refractivity contribution in [3.05, 3.63) is 23.8 Å². The summed E-state index contributed by atoms with van der Waals surface area (Å²) >= 11 is 0. The first-order valence-electron chi connectivity index (χ1n) is 9.62. The summed E-state index contributed by atoms with van der Waals surface area (Å²) in [4.78, 5) is 14.3. The lowest BCUT2D eigenvalue weighted by Crippen LogP contribution is -2.50. The number of carbonyl (C=O) groups is 1. The second-order valence-electron chi connectivity index (χ2n) is 7.61. The fourth-order valence-corrected chi connectivity index (χ4v) is 3.87. The maximum atomic E-state index is 12.3. The highest BCUT2D eigenvalue weighted by atomic mass is 16.5. The highest BCUT2D eigenvalue weighted by Gasteiger charge is 2.36. The molecule has 1 amide bonds. The van der Waals surface area contributed by atoms with E-state index in [0.29, 0.717) is 37.0 Å². The first-order valence-corrected chi connectivity index (χ1v) is 9.62. The number of benzene rings is 1. The molecule has 0 radical (unpaired) electrons. The number of hydrogen-bond acceptors (Lipinski definition) is 4. The second kappa shape index (κ2) is 7.24. The maximum absolute atomic E-state index is 12.3. The molecule has 1 N–H and O–H groups in total. The molecule has 5 nitrogen and oxygen atoms in total. The Balaban J connectivity index is 1.35. The van der Waals surface area contributed by atoms with E-state index in [-0.39, 0.29) is 0 Å². The van der Waals surface area contributed by atoms with Crippen molar-refractivity contribution in [2.24, 2.45) is 11.8 Å². The normalized spacial score (nSPS) is 26.2. The first-order chi connectivity index (χ1) is 12.2. The highest BCUT2D eigenvalue weighted by molar-refractivity contribution is 5.81. The van der Waals surface area contributed by atoms with Crippen LogP contribution >= 0.6 is 0 Å². The minimum Gasteiger partial charge on any atom is -0.490 e. The number of piperidine rings is 1. The Morgan fingerprint density at radius 2 is 2.08 bits per heavy atom. The van der Waals surface area contributed by atoms with Crippen molar-refractivity contribution in [3.63, 3.8) is 0 Å². The molecule has 5 heteroatoms. The molecule has 25 heavy (non-hydrogen) atoms. The summed E-state index contributed by atoms with van der Waals surface area (Å²) in [6.07, 6.45) is 4.12. The van der Waals surface area contributed by atoms with Gasteiger partial charge in [-0.15, -0.1) is 0 Å². The fraction of sp³-hybridized carbons (Fsp3) is 0.650. The van der Waals surface area contributed by atoms with Crippen molar-refractivity contribution in [1.29, 1.82) is 0 Å². The maximum Gasteiger partial charge on any atom is 0.225 e. The largest absolute Gasteiger partial charge is 0.490 e. The lowest BCUT2D eigenvalue weighted by Gasteiger charge is -2.37. The van der Waals surface area contributed by atoms with E-state index in [1.54, 1.807) is 0 Å². The predicted octanol–water partition coefficient (Wildman–Crippen LogP) is 2.58. The Kier molecular flexibility index (Phi) is 4.84. The third-order valence-electron chi connectivity index (χ3n) is 5.55. The minimum absolute atomic E-state index is 0.327. The number of amides is 1. The average molecular weight is 344 g/mol. The van der Waals surface area contributed by atoms with Gasteiger partial charge in [0.05, 0.1) is 13.2 Å². The molecule has 0 bridgehead atoms. The third-order valence-corrected chi connectivity index (χ3v) is 5.55. The summed E-state index contributed by atoms with van der Waals surface area (Å²) < 4.78 is 11.7. The van der Waals surface area contributed by atoms with Gasteiger partial charge in [-0.05, 0) is 31.2 Å². The van der Waals surface area contributed by atoms with E-state index in [1.165, 1.54) is 0 Å². The summed E-state index contributed by atoms with van der Waals surface area (Å²) in [5.41, 5.74) is 1.16. The molecule has 2 fully saturated rings. The predicted molar refractivity (Wildman–Crippen MR) is 95.8 cm³/mol. The van der Waals surface area contributed by atoms with Crippen LogP contribution in [0.1, 0.15) is 38.2 Å². The van der Waals surface area contributed by atoms with Gasteiger partial charge in [0.1, 0.15) is 0 Å². The molecule has 2 atom stereocenters. The first kappa shape index (κ1) is 16.7. The topological polar surface area (TPSA) is 50.8 Å². The quantitative estimate of drug-likeness (QED) is 0.912. The molecule has 0 unspecified atom stereocenters. The van der Waals surface area contributed by atoms with Gasteiger partial charge in [-0.3, -0.25) is 4.79 Å². The Morgan fingerprint density at radius 1 is 1.24 bits per heavy atom. The zero-order valence-electron chi connectivity index (χ0n) is 15.0. The van der Waals surface area contributed by atoms with E-state index < -0.39 is 0 Å². The highest BCUT2D eigenvalue weighted by Crippen LogP contribution is 2.34. The minimum atomic E-state index is 0.327. The summed E-state index contributed by atoms with van der Waals surface area (Å²) in [6, 6.07) is 6.56. The van der Waals surface area contributed by atoms with Crippen molar-refractivity contribution in [3.8, 4) is 11.5 Å². The fourth-order valence-electron chi connectivity index (χ4n) is 3.87. The number of nitrogens with zero attached hydrogens (tertiary/aromatic N) is 1. The number of rotatable bonds is 4. The number of nitrogens with one attached hydrogen (secondary N) is 1. The van der Waals surface area contributed by atoms with E-state index in [1.807, 2.05) is 12.1 Å². The SMILES string of the molecule is C[C@H]1CN(C(=O)C2CC2)CC[C@@H]1NCc1cccc2c1OCCCO2. The van der Waals surface area contributed by atoms with Crippen LogP contribution in [0.5, 0.6) is 11.5 Å². The molecular formula is C20H28N2O3. The van der Waals surface area contributed by atoms with Gasteiger partial charge in [0.2, 0.25) is 5.91 Å². The molecule has 2 heterocycles. The van der Waals surface area contributed by atoms with Crippen LogP contribution in [0.2, 0.25) is 0 Å². The molecule has 1 aromatic rings. The lowest BCUT2D eigenvalue weighted by atomic mass is 9.93. The van der Waals surface area contributed by atoms with Gasteiger partial charge < -0.3 is 19.7 Å². The zero-order chi connectivity index (χ0) is 17.2. The number of ether oxygens (including phenoxy) is 2. The van der Waals surface area contributed by atoms with Gasteiger partial charge in [0.15, 0.2) is 11.5 Å². The molecule has 0 spiro atoms. The molecule has 1 aliphatic carbocycles. The lowest BCUT2D eigenvalue weighted by molar-refractivity contribution is -0.134. The Bertz CT molecular complexity index is 629. The summed E-state index contributed by atoms with van der Waals surface area (Å²) in [7, 11) is 0. The van der Waals surface area contributed by atoms with Gasteiger partial charge in [-0.25, -0.2) is 0 Å². The number of para-hydroxylation sites is 1. The Labute approximate surface area is 149 Å². The number of hydrogen-bond donors (Lipinski definition) is 1. The van der Waals surface area contributed by atoms with Gasteiger partial charge in [0.25, 0.3) is 0 Å². The molecular weight excluding hydrogens is 316 g/mol. The second-order valence-corrected chi connectivity index (χ2v) is 7.61. The monoisotopic (exact) mass is 344 g/mol. The number of carbonyl (C=O) groups excluding carboxylic acids is 1. The molecule has 1 saturated carbocycles. The molecule has 3 aliphatic rings. The van der Waals surface area contributed by atoms with Crippen molar-refractivity contribution < 1.29 is 14.3 Å². The van der Waals surface area contributed by atoms with Gasteiger partial charge >= 0.3 is 0 Å². The van der Waals surface area contributed by atoms with Crippen LogP contribution in [0.4, 0.5) is 0 Å². The van der Waals surface area contributed by atoms with E-state index >= 15 is 0 Å². The molecule has 1 saturated heterocycles. The molecule has 136 valence electrons. The van der Waals surface area contributed by atoms with Crippen molar-refractivity contribution in [2.45, 2.75) is 45.2 Å². The molecule has 2 aliphatic heterocycles. The summed E-state index contributed by atoms with van der Waals surface area (Å²) in [6.45, 7) is 6.20. The Hall–Kier alpha value is -1.75. The third kappa shape index (κ3) is 3.76. The van der Waals surface area contributed by atoms with Crippen LogP contribution in [0.25, 0.3) is 0 Å². The van der Waals surface area contributed by atoms with Crippen molar-refractivity contribution in [2.75, 3.05) is 26.3 Å². The molecule has 0 aromatic heterocycles. The van der Waals surface area contributed by atoms with Crippen LogP contribution in [0.15, 0.2) is 18.2 Å². The van der Waals surface area contributed by atoms with E-state index in [0.717, 1.165) is 62.4 Å². The van der Waals surface area contributed by atoms with Gasteiger partial charge in [0, 0.05) is 43.6 Å². The van der Waals surface area contributed by atoms with Gasteiger partial charge in [-0.1, -0.05) is 19.1 Å². The average Bonchev–Trinajstić information content (AvgIpc) is 3.46. The van der Waals surface area contributed by atoms with Crippen LogP contribution in [-0.4, -0.2) is 43.2 Å². The molecule has 1 aromatic carbocycles. The van der Waals surface area contributed by atoms with E-state index in [2.05, 4.69) is 23.2 Å². The van der Waals surface area contributed by atoms with Crippen LogP contribution < -0.4 is 14.8 Å². The van der Waals surface area contributed by atoms with Crippen molar-refractivity contribution in [1.82, 2.24) is 10.2 Å². The summed E-state index contributed by atoms with van der Waals surface area (Å²) in [5.74, 6) is 2.92. The number of likely N-dealkylation sites (tertiary alicyclic amines) is 1. The van der Waals surface area contributed by atoms with Gasteiger partial charge in [-0.2, -0.15) is 0 Å². The van der Waals surface area contributed by atoms with Crippen LogP contribution in [0, 0.1) is 11.8 Å². The Morgan fingerprint density at radius 3 is 2.88 bits per heavy atom. The van der Waals surface area contributed by atoms with E-state index in [9.17, 15) is 4.79 Å². The van der Waals surface area contributed by atoms with Crippen LogP contribution in [0.3, 0.4) is 0 Å². The summed E-state index contributed by atoms with van der Waals surface area (Å²) in [5, 5.41) is 3.69. The molecule has 4 rings (SSSR count). The smallest absolute Gasteiger partial charge is 0.225 e. The van der Waals surface area contributed by atoms with Crippen LogP contribution in [-0.2, 0) is 11.3 Å². The standard InChI is InChI=1S/C20H28N2O3/c1-14-13-22(20(23)15-6-7-15)9-8-17(14)21-12-16-4-2-5-18-19(16)25-11-3-10-24-18/h2,4-5,14-15,17,21H,3,6-13H2,1H3/t14-,17-/m0/s1. The number of fused-ring (bicyclic) bond motifs is 1. The van der Waals surface area contributed by atoms with Crippen molar-refractivity contribution >= 4 is 5.91 Å².